The van der Waals surface area contributed by atoms with Crippen LogP contribution in [-0.2, 0) is 9.47 Å². The van der Waals surface area contributed by atoms with E-state index in [1.807, 2.05) is 14.1 Å². The largest absolute Gasteiger partial charge is 0.465 e. The lowest BCUT2D eigenvalue weighted by Crippen LogP contribution is -2.16. The van der Waals surface area contributed by atoms with E-state index in [4.69, 9.17) is 12.2 Å². The Kier molecular flexibility index (Phi) is 5.97. The van der Waals surface area contributed by atoms with E-state index in [1.54, 1.807) is 17.0 Å². The fourth-order valence-electron chi connectivity index (χ4n) is 1.32. The van der Waals surface area contributed by atoms with E-state index in [-0.39, 0.29) is 11.1 Å². The van der Waals surface area contributed by atoms with Crippen molar-refractivity contribution in [2.24, 2.45) is 0 Å². The summed E-state index contributed by atoms with van der Waals surface area (Å²) in [6.45, 7) is 0. The van der Waals surface area contributed by atoms with Gasteiger partial charge in [-0.05, 0) is 18.2 Å². The van der Waals surface area contributed by atoms with Gasteiger partial charge in [0.1, 0.15) is 4.32 Å². The van der Waals surface area contributed by atoms with Crippen LogP contribution >= 0.6 is 24.0 Å². The molecule has 0 aliphatic heterocycles. The minimum atomic E-state index is -0.520. The number of carbonyl (C=O) groups excluding carboxylic acids is 2. The van der Waals surface area contributed by atoms with Gasteiger partial charge < -0.3 is 14.4 Å². The lowest BCUT2D eigenvalue weighted by atomic mass is 10.1. The van der Waals surface area contributed by atoms with Crippen LogP contribution in [0, 0.1) is 0 Å². The van der Waals surface area contributed by atoms with Gasteiger partial charge >= 0.3 is 11.9 Å². The molecule has 20 heavy (non-hydrogen) atoms. The summed E-state index contributed by atoms with van der Waals surface area (Å²) in [6.07, 6.45) is 0. The molecule has 0 N–H and O–H groups in total. The minimum Gasteiger partial charge on any atom is -0.465 e. The number of benzene rings is 1. The van der Waals surface area contributed by atoms with Gasteiger partial charge in [-0.1, -0.05) is 24.0 Å². The molecule has 1 aromatic rings. The third-order valence-electron chi connectivity index (χ3n) is 2.32. The van der Waals surface area contributed by atoms with Gasteiger partial charge in [-0.2, -0.15) is 0 Å². The molecule has 0 saturated carbocycles. The van der Waals surface area contributed by atoms with Crippen LogP contribution in [-0.4, -0.2) is 49.5 Å². The van der Waals surface area contributed by atoms with Gasteiger partial charge in [-0.3, -0.25) is 0 Å². The zero-order valence-corrected chi connectivity index (χ0v) is 13.3. The Labute approximate surface area is 127 Å². The second-order valence-corrected chi connectivity index (χ2v) is 5.70. The molecule has 1 aromatic carbocycles. The molecule has 0 atom stereocenters. The quantitative estimate of drug-likeness (QED) is 0.481. The number of hydrogen-bond donors (Lipinski definition) is 0. The van der Waals surface area contributed by atoms with Crippen LogP contribution in [0.4, 0.5) is 0 Å². The Morgan fingerprint density at radius 3 is 1.85 bits per heavy atom. The van der Waals surface area contributed by atoms with E-state index in [9.17, 15) is 9.59 Å². The van der Waals surface area contributed by atoms with Crippen molar-refractivity contribution in [1.29, 1.82) is 0 Å². The summed E-state index contributed by atoms with van der Waals surface area (Å²) in [5.74, 6) is -1.04. The Balaban J connectivity index is 3.19. The van der Waals surface area contributed by atoms with E-state index in [1.165, 1.54) is 32.0 Å². The van der Waals surface area contributed by atoms with Gasteiger partial charge in [0.15, 0.2) is 0 Å². The summed E-state index contributed by atoms with van der Waals surface area (Å²) in [5, 5.41) is 0. The first kappa shape index (κ1) is 16.5. The summed E-state index contributed by atoms with van der Waals surface area (Å²) >= 11 is 6.47. The number of thiocarbonyl (C=S) groups is 1. The van der Waals surface area contributed by atoms with E-state index < -0.39 is 11.9 Å². The third-order valence-corrected chi connectivity index (χ3v) is 3.95. The molecule has 0 radical (unpaired) electrons. The maximum atomic E-state index is 11.6. The molecule has 0 aliphatic rings. The predicted octanol–water partition coefficient (Wildman–Crippen LogP) is 2.20. The average molecular weight is 313 g/mol. The number of nitrogens with zero attached hydrogens (tertiary/aromatic N) is 1. The molecule has 0 aliphatic carbocycles. The van der Waals surface area contributed by atoms with Crippen LogP contribution in [0.2, 0.25) is 0 Å². The number of hydrogen-bond acceptors (Lipinski definition) is 6. The van der Waals surface area contributed by atoms with Crippen LogP contribution in [0.15, 0.2) is 23.1 Å². The summed E-state index contributed by atoms with van der Waals surface area (Å²) < 4.78 is 9.95. The highest BCUT2D eigenvalue weighted by atomic mass is 32.2. The monoisotopic (exact) mass is 313 g/mol. The molecule has 0 aromatic heterocycles. The number of methoxy groups -OCH3 is 2. The fraction of sp³-hybridized carbons (Fsp3) is 0.308. The molecule has 5 nitrogen and oxygen atoms in total. The number of thioether (sulfide) groups is 1. The highest BCUT2D eigenvalue weighted by molar-refractivity contribution is 8.22. The standard InChI is InChI=1S/C13H15NO4S2/c1-14(2)13(19)20-10-6-8(11(15)17-3)5-9(7-10)12(16)18-4/h5-7H,1-4H3. The highest BCUT2D eigenvalue weighted by Crippen LogP contribution is 2.24. The number of ether oxygens (including phenoxy) is 2. The van der Waals surface area contributed by atoms with Crippen molar-refractivity contribution in [3.8, 4) is 0 Å². The highest BCUT2D eigenvalue weighted by Gasteiger charge is 2.15. The van der Waals surface area contributed by atoms with Crippen molar-refractivity contribution in [3.05, 3.63) is 29.3 Å². The summed E-state index contributed by atoms with van der Waals surface area (Å²) in [7, 11) is 6.20. The molecular weight excluding hydrogens is 298 g/mol. The van der Waals surface area contributed by atoms with Gasteiger partial charge in [0.2, 0.25) is 0 Å². The van der Waals surface area contributed by atoms with Crippen LogP contribution in [0.25, 0.3) is 0 Å². The molecule has 0 heterocycles. The van der Waals surface area contributed by atoms with E-state index in [2.05, 4.69) is 9.47 Å². The van der Waals surface area contributed by atoms with E-state index in [0.29, 0.717) is 9.22 Å². The zero-order valence-electron chi connectivity index (χ0n) is 11.6. The van der Waals surface area contributed by atoms with E-state index >= 15 is 0 Å². The molecule has 0 amide bonds. The maximum absolute atomic E-state index is 11.6. The first-order valence-corrected chi connectivity index (χ1v) is 6.82. The lowest BCUT2D eigenvalue weighted by molar-refractivity contribution is 0.0598. The van der Waals surface area contributed by atoms with Crippen molar-refractivity contribution in [3.63, 3.8) is 0 Å². The van der Waals surface area contributed by atoms with Crippen LogP contribution in [0.3, 0.4) is 0 Å². The number of rotatable bonds is 3. The molecule has 1 rings (SSSR count). The second-order valence-electron chi connectivity index (χ2n) is 3.99. The third kappa shape index (κ3) is 4.21. The van der Waals surface area contributed by atoms with Crippen molar-refractivity contribution >= 4 is 40.2 Å². The Morgan fingerprint density at radius 1 is 1.05 bits per heavy atom. The summed E-state index contributed by atoms with van der Waals surface area (Å²) in [6, 6.07) is 4.68. The number of esters is 2. The lowest BCUT2D eigenvalue weighted by Gasteiger charge is -2.13. The van der Waals surface area contributed by atoms with Crippen LogP contribution in [0.5, 0.6) is 0 Å². The molecule has 0 fully saturated rings. The van der Waals surface area contributed by atoms with Crippen LogP contribution in [0.1, 0.15) is 20.7 Å². The first-order valence-electron chi connectivity index (χ1n) is 5.60. The van der Waals surface area contributed by atoms with Gasteiger partial charge in [0.25, 0.3) is 0 Å². The normalized spacial score (nSPS) is 9.80. The topological polar surface area (TPSA) is 55.8 Å². The van der Waals surface area contributed by atoms with Gasteiger partial charge in [-0.25, -0.2) is 9.59 Å². The second kappa shape index (κ2) is 7.25. The molecule has 7 heteroatoms. The minimum absolute atomic E-state index is 0.277. The maximum Gasteiger partial charge on any atom is 0.337 e. The molecule has 0 spiro atoms. The summed E-state index contributed by atoms with van der Waals surface area (Å²) in [4.78, 5) is 25.7. The molecular formula is C13H15NO4S2. The van der Waals surface area contributed by atoms with Gasteiger partial charge in [0, 0.05) is 19.0 Å². The Morgan fingerprint density at radius 2 is 1.50 bits per heavy atom. The van der Waals surface area contributed by atoms with E-state index in [0.717, 1.165) is 0 Å². The number of carbonyl (C=O) groups is 2. The van der Waals surface area contributed by atoms with Gasteiger partial charge in [-0.15, -0.1) is 0 Å². The Hall–Kier alpha value is -1.60. The molecule has 0 unspecified atom stereocenters. The van der Waals surface area contributed by atoms with Crippen molar-refractivity contribution in [1.82, 2.24) is 4.90 Å². The summed E-state index contributed by atoms with van der Waals surface area (Å²) in [5.41, 5.74) is 0.555. The molecule has 0 bridgehead atoms. The van der Waals surface area contributed by atoms with Crippen LogP contribution < -0.4 is 0 Å². The SMILES string of the molecule is COC(=O)c1cc(SC(=S)N(C)C)cc(C(=O)OC)c1. The van der Waals surface area contributed by atoms with Crippen molar-refractivity contribution in [2.75, 3.05) is 28.3 Å². The molecule has 108 valence electrons. The fourth-order valence-corrected chi connectivity index (χ4v) is 2.37. The smallest absolute Gasteiger partial charge is 0.337 e. The zero-order chi connectivity index (χ0) is 15.3. The van der Waals surface area contributed by atoms with Gasteiger partial charge in [0.05, 0.1) is 25.3 Å². The first-order chi connectivity index (χ1) is 9.38. The average Bonchev–Trinajstić information content (AvgIpc) is 2.44. The van der Waals surface area contributed by atoms with Crippen molar-refractivity contribution < 1.29 is 19.1 Å². The van der Waals surface area contributed by atoms with Crippen molar-refractivity contribution in [2.45, 2.75) is 4.90 Å². The Bertz CT molecular complexity index is 509. The predicted molar refractivity (Wildman–Crippen MR) is 81.3 cm³/mol. The molecule has 0 saturated heterocycles.